The Morgan fingerprint density at radius 1 is 1.31 bits per heavy atom. The zero-order valence-corrected chi connectivity index (χ0v) is 9.47. The third-order valence-electron chi connectivity index (χ3n) is 2.57. The fraction of sp³-hybridized carbons (Fsp3) is 0.231. The largest absolute Gasteiger partial charge is 0.618 e. The monoisotopic (exact) mass is 214 g/mol. The van der Waals surface area contributed by atoms with E-state index < -0.39 is 0 Å². The molecule has 0 unspecified atom stereocenters. The molecule has 16 heavy (non-hydrogen) atoms. The van der Waals surface area contributed by atoms with Gasteiger partial charge in [0.2, 0.25) is 5.69 Å². The molecule has 0 N–H and O–H groups in total. The van der Waals surface area contributed by atoms with E-state index in [0.29, 0.717) is 5.69 Å². The topological polar surface area (TPSA) is 39.8 Å². The second-order valence-corrected chi connectivity index (χ2v) is 3.82. The standard InChI is InChI=1S/C13H14N2O/c1-3-11-5-7-15(16)13(9-11)12-8-10(2)4-6-14-12/h4-9H,3H2,1-2H3. The van der Waals surface area contributed by atoms with E-state index in [0.717, 1.165) is 28.0 Å². The van der Waals surface area contributed by atoms with Crippen molar-refractivity contribution in [1.29, 1.82) is 0 Å². The molecule has 2 aromatic heterocycles. The zero-order chi connectivity index (χ0) is 11.5. The Morgan fingerprint density at radius 3 is 2.81 bits per heavy atom. The van der Waals surface area contributed by atoms with Crippen LogP contribution in [0.15, 0.2) is 36.7 Å². The highest BCUT2D eigenvalue weighted by molar-refractivity contribution is 5.52. The smallest absolute Gasteiger partial charge is 0.242 e. The summed E-state index contributed by atoms with van der Waals surface area (Å²) in [5.41, 5.74) is 3.59. The summed E-state index contributed by atoms with van der Waals surface area (Å²) in [5, 5.41) is 11.7. The van der Waals surface area contributed by atoms with Crippen LogP contribution in [0.2, 0.25) is 0 Å². The maximum atomic E-state index is 11.7. The molecule has 0 atom stereocenters. The van der Waals surface area contributed by atoms with E-state index in [-0.39, 0.29) is 0 Å². The average Bonchev–Trinajstić information content (AvgIpc) is 2.30. The van der Waals surface area contributed by atoms with Gasteiger partial charge in [-0.1, -0.05) is 6.92 Å². The summed E-state index contributed by atoms with van der Waals surface area (Å²) < 4.78 is 0.862. The number of hydrogen-bond acceptors (Lipinski definition) is 2. The van der Waals surface area contributed by atoms with E-state index in [1.165, 1.54) is 6.20 Å². The van der Waals surface area contributed by atoms with Crippen molar-refractivity contribution in [2.45, 2.75) is 20.3 Å². The first kappa shape index (κ1) is 10.6. The molecule has 0 aliphatic carbocycles. The number of nitrogens with zero attached hydrogens (tertiary/aromatic N) is 2. The quantitative estimate of drug-likeness (QED) is 0.568. The van der Waals surface area contributed by atoms with Gasteiger partial charge < -0.3 is 5.21 Å². The fourth-order valence-corrected chi connectivity index (χ4v) is 1.61. The van der Waals surface area contributed by atoms with E-state index >= 15 is 0 Å². The summed E-state index contributed by atoms with van der Waals surface area (Å²) in [5.74, 6) is 0. The van der Waals surface area contributed by atoms with Gasteiger partial charge >= 0.3 is 0 Å². The van der Waals surface area contributed by atoms with Crippen molar-refractivity contribution in [3.63, 3.8) is 0 Å². The summed E-state index contributed by atoms with van der Waals surface area (Å²) in [6.07, 6.45) is 4.18. The van der Waals surface area contributed by atoms with E-state index in [4.69, 9.17) is 0 Å². The highest BCUT2D eigenvalue weighted by atomic mass is 16.5. The minimum atomic E-state index is 0.614. The SMILES string of the molecule is CCc1cc[n+]([O-])c(-c2cc(C)ccn2)c1. The van der Waals surface area contributed by atoms with Crippen molar-refractivity contribution >= 4 is 0 Å². The highest BCUT2D eigenvalue weighted by Gasteiger charge is 2.10. The van der Waals surface area contributed by atoms with Gasteiger partial charge in [-0.25, -0.2) is 4.98 Å². The Balaban J connectivity index is 2.54. The van der Waals surface area contributed by atoms with Gasteiger partial charge in [0.15, 0.2) is 6.20 Å². The van der Waals surface area contributed by atoms with E-state index in [1.807, 2.05) is 31.2 Å². The van der Waals surface area contributed by atoms with Gasteiger partial charge in [0.25, 0.3) is 0 Å². The number of aryl methyl sites for hydroxylation is 2. The van der Waals surface area contributed by atoms with Crippen molar-refractivity contribution in [2.24, 2.45) is 0 Å². The molecule has 0 saturated heterocycles. The van der Waals surface area contributed by atoms with Crippen molar-refractivity contribution in [1.82, 2.24) is 4.98 Å². The molecule has 0 fully saturated rings. The highest BCUT2D eigenvalue weighted by Crippen LogP contribution is 2.15. The van der Waals surface area contributed by atoms with Gasteiger partial charge in [-0.2, -0.15) is 4.73 Å². The van der Waals surface area contributed by atoms with Crippen LogP contribution in [-0.2, 0) is 6.42 Å². The van der Waals surface area contributed by atoms with Gasteiger partial charge in [-0.15, -0.1) is 0 Å². The van der Waals surface area contributed by atoms with Gasteiger partial charge in [0.1, 0.15) is 5.69 Å². The van der Waals surface area contributed by atoms with Crippen molar-refractivity contribution in [2.75, 3.05) is 0 Å². The predicted molar refractivity (Wildman–Crippen MR) is 62.7 cm³/mol. The minimum Gasteiger partial charge on any atom is -0.618 e. The van der Waals surface area contributed by atoms with Crippen molar-refractivity contribution < 1.29 is 4.73 Å². The number of aromatic nitrogens is 2. The molecule has 3 heteroatoms. The molecule has 0 amide bonds. The molecule has 0 bridgehead atoms. The molecule has 0 radical (unpaired) electrons. The van der Waals surface area contributed by atoms with Crippen LogP contribution >= 0.6 is 0 Å². The summed E-state index contributed by atoms with van der Waals surface area (Å²) in [7, 11) is 0. The normalized spacial score (nSPS) is 10.4. The fourth-order valence-electron chi connectivity index (χ4n) is 1.61. The molecule has 82 valence electrons. The molecule has 0 spiro atoms. The second-order valence-electron chi connectivity index (χ2n) is 3.82. The Hall–Kier alpha value is -1.90. The lowest BCUT2D eigenvalue weighted by Gasteiger charge is -2.05. The van der Waals surface area contributed by atoms with Crippen LogP contribution < -0.4 is 4.73 Å². The molecule has 0 aliphatic rings. The van der Waals surface area contributed by atoms with E-state index in [1.54, 1.807) is 6.20 Å². The summed E-state index contributed by atoms with van der Waals surface area (Å²) >= 11 is 0. The van der Waals surface area contributed by atoms with E-state index in [9.17, 15) is 5.21 Å². The second kappa shape index (κ2) is 4.31. The Kier molecular flexibility index (Phi) is 2.86. The lowest BCUT2D eigenvalue weighted by Crippen LogP contribution is -2.28. The summed E-state index contributed by atoms with van der Waals surface area (Å²) in [4.78, 5) is 4.23. The lowest BCUT2D eigenvalue weighted by atomic mass is 10.1. The lowest BCUT2D eigenvalue weighted by molar-refractivity contribution is -0.593. The zero-order valence-electron chi connectivity index (χ0n) is 9.47. The predicted octanol–water partition coefficient (Wildman–Crippen LogP) is 2.25. The Bertz CT molecular complexity index is 509. The van der Waals surface area contributed by atoms with Crippen molar-refractivity contribution in [3.8, 4) is 11.4 Å². The maximum Gasteiger partial charge on any atom is 0.242 e. The molecule has 0 aromatic carbocycles. The molecular formula is C13H14N2O. The Labute approximate surface area is 95.0 Å². The molecule has 2 heterocycles. The van der Waals surface area contributed by atoms with Crippen LogP contribution in [0.1, 0.15) is 18.1 Å². The molecule has 3 nitrogen and oxygen atoms in total. The van der Waals surface area contributed by atoms with Crippen molar-refractivity contribution in [3.05, 3.63) is 53.0 Å². The van der Waals surface area contributed by atoms with E-state index in [2.05, 4.69) is 11.9 Å². The molecule has 0 aliphatic heterocycles. The number of pyridine rings is 2. The van der Waals surface area contributed by atoms with Crippen LogP contribution in [0.3, 0.4) is 0 Å². The van der Waals surface area contributed by atoms with Gasteiger partial charge in [-0.05, 0) is 36.6 Å². The van der Waals surface area contributed by atoms with Crippen LogP contribution in [0.4, 0.5) is 0 Å². The van der Waals surface area contributed by atoms with Crippen LogP contribution in [0.5, 0.6) is 0 Å². The van der Waals surface area contributed by atoms with Crippen LogP contribution in [0.25, 0.3) is 11.4 Å². The third kappa shape index (κ3) is 2.03. The minimum absolute atomic E-state index is 0.614. The maximum absolute atomic E-state index is 11.7. The number of hydrogen-bond donors (Lipinski definition) is 0. The molecule has 2 rings (SSSR count). The summed E-state index contributed by atoms with van der Waals surface area (Å²) in [6, 6.07) is 7.58. The molecular weight excluding hydrogens is 200 g/mol. The molecule has 0 saturated carbocycles. The van der Waals surface area contributed by atoms with Gasteiger partial charge in [0, 0.05) is 18.3 Å². The van der Waals surface area contributed by atoms with Crippen LogP contribution in [-0.4, -0.2) is 4.98 Å². The average molecular weight is 214 g/mol. The number of rotatable bonds is 2. The summed E-state index contributed by atoms with van der Waals surface area (Å²) in [6.45, 7) is 4.06. The first-order valence-electron chi connectivity index (χ1n) is 5.36. The van der Waals surface area contributed by atoms with Gasteiger partial charge in [-0.3, -0.25) is 0 Å². The van der Waals surface area contributed by atoms with Gasteiger partial charge in [0.05, 0.1) is 0 Å². The van der Waals surface area contributed by atoms with Crippen LogP contribution in [0, 0.1) is 12.1 Å². The molecule has 2 aromatic rings. The Morgan fingerprint density at radius 2 is 2.12 bits per heavy atom. The first-order valence-corrected chi connectivity index (χ1v) is 5.36. The third-order valence-corrected chi connectivity index (χ3v) is 2.57. The first-order chi connectivity index (χ1) is 7.70.